The minimum atomic E-state index is 0.0469. The van der Waals surface area contributed by atoms with Gasteiger partial charge in [0.05, 0.1) is 13.3 Å². The molecule has 0 amide bonds. The Labute approximate surface area is 122 Å². The number of nitrogen functional groups attached to an aromatic ring is 1. The molecule has 19 heavy (non-hydrogen) atoms. The highest BCUT2D eigenvalue weighted by molar-refractivity contribution is 9.10. The number of aromatic hydroxyl groups is 1. The average Bonchev–Trinajstić information content (AvgIpc) is 2.79. The lowest BCUT2D eigenvalue weighted by Gasteiger charge is -2.05. The van der Waals surface area contributed by atoms with E-state index < -0.39 is 0 Å². The molecular formula is C11H11BrN4O2S. The van der Waals surface area contributed by atoms with Crippen molar-refractivity contribution in [1.82, 2.24) is 4.98 Å². The van der Waals surface area contributed by atoms with E-state index in [0.717, 1.165) is 4.47 Å². The van der Waals surface area contributed by atoms with E-state index in [-0.39, 0.29) is 5.75 Å². The van der Waals surface area contributed by atoms with Gasteiger partial charge in [0.1, 0.15) is 5.82 Å². The van der Waals surface area contributed by atoms with E-state index in [4.69, 9.17) is 10.5 Å². The number of hydrazone groups is 1. The molecule has 0 radical (unpaired) electrons. The fourth-order valence-electron chi connectivity index (χ4n) is 1.32. The highest BCUT2D eigenvalue weighted by Crippen LogP contribution is 2.31. The molecule has 0 aliphatic rings. The molecule has 2 aromatic rings. The molecule has 100 valence electrons. The van der Waals surface area contributed by atoms with Gasteiger partial charge in [-0.2, -0.15) is 5.10 Å². The predicted octanol–water partition coefficient (Wildman–Crippen LogP) is 2.65. The topological polar surface area (TPSA) is 92.8 Å². The van der Waals surface area contributed by atoms with Gasteiger partial charge in [0.25, 0.3) is 0 Å². The van der Waals surface area contributed by atoms with Gasteiger partial charge >= 0.3 is 0 Å². The molecule has 8 heteroatoms. The summed E-state index contributed by atoms with van der Waals surface area (Å²) in [5.41, 5.74) is 8.95. The largest absolute Gasteiger partial charge is 0.504 e. The van der Waals surface area contributed by atoms with E-state index in [2.05, 4.69) is 31.4 Å². The van der Waals surface area contributed by atoms with Crippen LogP contribution in [0.1, 0.15) is 5.56 Å². The van der Waals surface area contributed by atoms with E-state index in [9.17, 15) is 5.11 Å². The second-order valence-corrected chi connectivity index (χ2v) is 5.21. The first kappa shape index (κ1) is 13.6. The van der Waals surface area contributed by atoms with E-state index in [1.54, 1.807) is 23.7 Å². The van der Waals surface area contributed by atoms with Crippen LogP contribution in [0.4, 0.5) is 10.9 Å². The second kappa shape index (κ2) is 5.89. The molecule has 0 aliphatic carbocycles. The van der Waals surface area contributed by atoms with Crippen LogP contribution >= 0.6 is 27.3 Å². The lowest BCUT2D eigenvalue weighted by atomic mass is 10.2. The van der Waals surface area contributed by atoms with Gasteiger partial charge in [-0.1, -0.05) is 0 Å². The first-order chi connectivity index (χ1) is 9.10. The molecule has 1 aromatic carbocycles. The molecule has 6 nitrogen and oxygen atoms in total. The Balaban J connectivity index is 2.12. The molecular weight excluding hydrogens is 332 g/mol. The van der Waals surface area contributed by atoms with Gasteiger partial charge < -0.3 is 15.6 Å². The van der Waals surface area contributed by atoms with Crippen molar-refractivity contribution >= 4 is 44.4 Å². The van der Waals surface area contributed by atoms with Gasteiger partial charge in [-0.3, -0.25) is 5.43 Å². The van der Waals surface area contributed by atoms with Gasteiger partial charge in [-0.15, -0.1) is 11.3 Å². The first-order valence-electron chi connectivity index (χ1n) is 5.16. The van der Waals surface area contributed by atoms with E-state index in [1.807, 2.05) is 0 Å². The number of benzene rings is 1. The zero-order valence-corrected chi connectivity index (χ0v) is 12.3. The highest BCUT2D eigenvalue weighted by atomic mass is 79.9. The monoisotopic (exact) mass is 342 g/mol. The number of halogens is 1. The van der Waals surface area contributed by atoms with Crippen molar-refractivity contribution in [2.75, 3.05) is 18.3 Å². The summed E-state index contributed by atoms with van der Waals surface area (Å²) in [5.74, 6) is 0.890. The molecule has 0 unspecified atom stereocenters. The molecule has 2 rings (SSSR count). The first-order valence-corrected chi connectivity index (χ1v) is 6.84. The van der Waals surface area contributed by atoms with Gasteiger partial charge in [0, 0.05) is 15.4 Å². The summed E-state index contributed by atoms with van der Waals surface area (Å²) in [6.07, 6.45) is 1.56. The van der Waals surface area contributed by atoms with Crippen molar-refractivity contribution in [2.24, 2.45) is 5.10 Å². The summed E-state index contributed by atoms with van der Waals surface area (Å²) in [4.78, 5) is 4.00. The quantitative estimate of drug-likeness (QED) is 0.586. The van der Waals surface area contributed by atoms with Crippen LogP contribution in [0.15, 0.2) is 27.1 Å². The molecule has 0 bridgehead atoms. The van der Waals surface area contributed by atoms with Crippen LogP contribution in [0.3, 0.4) is 0 Å². The smallest absolute Gasteiger partial charge is 0.205 e. The number of hydrogen-bond acceptors (Lipinski definition) is 7. The van der Waals surface area contributed by atoms with Gasteiger partial charge in [-0.25, -0.2) is 4.98 Å². The molecule has 4 N–H and O–H groups in total. The normalized spacial score (nSPS) is 10.8. The summed E-state index contributed by atoms with van der Waals surface area (Å²) in [7, 11) is 1.49. The molecule has 0 saturated heterocycles. The van der Waals surface area contributed by atoms with Crippen LogP contribution in [-0.4, -0.2) is 23.4 Å². The second-order valence-electron chi connectivity index (χ2n) is 3.49. The average molecular weight is 343 g/mol. The van der Waals surface area contributed by atoms with E-state index in [0.29, 0.717) is 22.3 Å². The Morgan fingerprint density at radius 2 is 2.37 bits per heavy atom. The summed E-state index contributed by atoms with van der Waals surface area (Å²) in [6, 6.07) is 3.21. The number of phenolic OH excluding ortho intramolecular Hbond substituents is 1. The number of nitrogens with one attached hydrogen (secondary N) is 1. The van der Waals surface area contributed by atoms with Crippen molar-refractivity contribution in [3.05, 3.63) is 27.5 Å². The fraction of sp³-hybridized carbons (Fsp3) is 0.0909. The molecule has 0 saturated carbocycles. The summed E-state index contributed by atoms with van der Waals surface area (Å²) in [6.45, 7) is 0. The van der Waals surface area contributed by atoms with Crippen LogP contribution in [0.25, 0.3) is 0 Å². The van der Waals surface area contributed by atoms with Crippen LogP contribution < -0.4 is 15.9 Å². The minimum Gasteiger partial charge on any atom is -0.504 e. The number of hydrogen-bond donors (Lipinski definition) is 3. The van der Waals surface area contributed by atoms with Gasteiger partial charge in [0.2, 0.25) is 5.13 Å². The highest BCUT2D eigenvalue weighted by Gasteiger charge is 2.06. The maximum absolute atomic E-state index is 9.68. The molecule has 0 atom stereocenters. The maximum atomic E-state index is 9.68. The standard InChI is InChI=1S/C11H11BrN4O2S/c1-18-9-3-7(12)6(2-8(9)17)4-14-16-11-15-10(13)5-19-11/h2-5,17H,13H2,1H3,(H,15,16). The molecule has 1 aromatic heterocycles. The number of aromatic nitrogens is 1. The third-order valence-electron chi connectivity index (χ3n) is 2.18. The van der Waals surface area contributed by atoms with E-state index >= 15 is 0 Å². The number of nitrogens with zero attached hydrogens (tertiary/aromatic N) is 2. The fourth-order valence-corrected chi connectivity index (χ4v) is 2.29. The SMILES string of the molecule is COc1cc(Br)c(C=NNc2nc(N)cs2)cc1O. The number of anilines is 2. The van der Waals surface area contributed by atoms with Crippen molar-refractivity contribution < 1.29 is 9.84 Å². The maximum Gasteiger partial charge on any atom is 0.205 e. The van der Waals surface area contributed by atoms with E-state index in [1.165, 1.54) is 18.4 Å². The van der Waals surface area contributed by atoms with Crippen molar-refractivity contribution in [3.63, 3.8) is 0 Å². The molecule has 0 fully saturated rings. The lowest BCUT2D eigenvalue weighted by molar-refractivity contribution is 0.373. The Kier molecular flexibility index (Phi) is 4.23. The Morgan fingerprint density at radius 3 is 3.00 bits per heavy atom. The van der Waals surface area contributed by atoms with Gasteiger partial charge in [0.15, 0.2) is 11.5 Å². The van der Waals surface area contributed by atoms with Crippen LogP contribution in [0, 0.1) is 0 Å². The third kappa shape index (κ3) is 3.36. The van der Waals surface area contributed by atoms with Crippen molar-refractivity contribution in [3.8, 4) is 11.5 Å². The molecule has 1 heterocycles. The predicted molar refractivity (Wildman–Crippen MR) is 80.1 cm³/mol. The number of rotatable bonds is 4. The van der Waals surface area contributed by atoms with Crippen LogP contribution in [0.5, 0.6) is 11.5 Å². The minimum absolute atomic E-state index is 0.0469. The zero-order chi connectivity index (χ0) is 13.8. The van der Waals surface area contributed by atoms with Crippen molar-refractivity contribution in [1.29, 1.82) is 0 Å². The Hall–Kier alpha value is -1.80. The number of nitrogens with two attached hydrogens (primary N) is 1. The summed E-state index contributed by atoms with van der Waals surface area (Å²) >= 11 is 4.73. The zero-order valence-electron chi connectivity index (χ0n) is 9.92. The molecule has 0 aliphatic heterocycles. The number of methoxy groups -OCH3 is 1. The Morgan fingerprint density at radius 1 is 1.58 bits per heavy atom. The van der Waals surface area contributed by atoms with Crippen LogP contribution in [-0.2, 0) is 0 Å². The lowest BCUT2D eigenvalue weighted by Crippen LogP contribution is -1.93. The Bertz CT molecular complexity index is 615. The number of ether oxygens (including phenoxy) is 1. The number of thiazole rings is 1. The summed E-state index contributed by atoms with van der Waals surface area (Å²) in [5, 5.41) is 16.0. The summed E-state index contributed by atoms with van der Waals surface area (Å²) < 4.78 is 5.75. The molecule has 0 spiro atoms. The number of phenols is 1. The third-order valence-corrected chi connectivity index (χ3v) is 3.64. The van der Waals surface area contributed by atoms with Gasteiger partial charge in [-0.05, 0) is 28.1 Å². The van der Waals surface area contributed by atoms with Crippen LogP contribution in [0.2, 0.25) is 0 Å². The van der Waals surface area contributed by atoms with Crippen molar-refractivity contribution in [2.45, 2.75) is 0 Å².